The number of benzene rings is 1. The first-order chi connectivity index (χ1) is 16.3. The zero-order valence-corrected chi connectivity index (χ0v) is 19.3. The number of rotatable bonds is 7. The van der Waals surface area contributed by atoms with Gasteiger partial charge in [0.2, 0.25) is 5.91 Å². The Morgan fingerprint density at radius 1 is 1.24 bits per heavy atom. The number of aryl methyl sites for hydroxylation is 1. The van der Waals surface area contributed by atoms with Gasteiger partial charge in [0, 0.05) is 44.9 Å². The van der Waals surface area contributed by atoms with Crippen LogP contribution in [0.1, 0.15) is 12.8 Å². The van der Waals surface area contributed by atoms with E-state index in [4.69, 9.17) is 4.74 Å². The highest BCUT2D eigenvalue weighted by atomic mass is 32.2. The summed E-state index contributed by atoms with van der Waals surface area (Å²) in [6.07, 6.45) is 1.87. The van der Waals surface area contributed by atoms with E-state index in [9.17, 15) is 24.5 Å². The number of nitrogens with zero attached hydrogens (tertiary/aromatic N) is 5. The molecule has 3 heterocycles. The number of hydrogen-bond acceptors (Lipinski definition) is 9. The molecule has 13 heteroatoms. The summed E-state index contributed by atoms with van der Waals surface area (Å²) in [5.74, 6) is -0.0800. The van der Waals surface area contributed by atoms with Crippen molar-refractivity contribution in [1.29, 1.82) is 0 Å². The fraction of sp³-hybridized carbons (Fsp3) is 0.381. The van der Waals surface area contributed by atoms with Gasteiger partial charge in [-0.1, -0.05) is 11.8 Å². The summed E-state index contributed by atoms with van der Waals surface area (Å²) in [6.45, 7) is 1.10. The van der Waals surface area contributed by atoms with Gasteiger partial charge < -0.3 is 10.1 Å². The van der Waals surface area contributed by atoms with E-state index in [1.807, 2.05) is 0 Å². The zero-order chi connectivity index (χ0) is 24.4. The first kappa shape index (κ1) is 23.6. The molecule has 4 rings (SSSR count). The van der Waals surface area contributed by atoms with E-state index >= 15 is 0 Å². The number of nitro benzene ring substituents is 1. The maximum atomic E-state index is 12.9. The molecule has 3 aromatic rings. The second-order valence-corrected chi connectivity index (χ2v) is 8.75. The van der Waals surface area contributed by atoms with Gasteiger partial charge in [-0.2, -0.15) is 0 Å². The lowest BCUT2D eigenvalue weighted by molar-refractivity contribution is -0.384. The van der Waals surface area contributed by atoms with Crippen LogP contribution in [-0.4, -0.2) is 54.9 Å². The van der Waals surface area contributed by atoms with Gasteiger partial charge in [0.05, 0.1) is 16.8 Å². The Bertz CT molecular complexity index is 1380. The minimum Gasteiger partial charge on any atom is -0.376 e. The van der Waals surface area contributed by atoms with Crippen molar-refractivity contribution in [3.8, 4) is 11.4 Å². The average Bonchev–Trinajstić information content (AvgIpc) is 3.37. The van der Waals surface area contributed by atoms with E-state index in [0.29, 0.717) is 18.7 Å². The van der Waals surface area contributed by atoms with E-state index in [1.165, 1.54) is 42.9 Å². The molecular weight excluding hydrogens is 464 g/mol. The van der Waals surface area contributed by atoms with Crippen LogP contribution in [0.4, 0.5) is 5.69 Å². The number of thioether (sulfide) groups is 1. The van der Waals surface area contributed by atoms with Crippen molar-refractivity contribution < 1.29 is 14.5 Å². The quantitative estimate of drug-likeness (QED) is 0.223. The lowest BCUT2D eigenvalue weighted by atomic mass is 10.2. The van der Waals surface area contributed by atoms with Crippen LogP contribution in [0.2, 0.25) is 0 Å². The van der Waals surface area contributed by atoms with Crippen molar-refractivity contribution in [2.75, 3.05) is 18.9 Å². The van der Waals surface area contributed by atoms with Crippen LogP contribution < -0.4 is 16.6 Å². The van der Waals surface area contributed by atoms with Crippen LogP contribution in [0.15, 0.2) is 38.9 Å². The third-order valence-corrected chi connectivity index (χ3v) is 6.47. The van der Waals surface area contributed by atoms with Crippen LogP contribution in [0.25, 0.3) is 22.4 Å². The van der Waals surface area contributed by atoms with E-state index in [1.54, 1.807) is 0 Å². The summed E-state index contributed by atoms with van der Waals surface area (Å²) in [5, 5.41) is 14.1. The summed E-state index contributed by atoms with van der Waals surface area (Å²) in [7, 11) is 2.84. The third kappa shape index (κ3) is 4.70. The summed E-state index contributed by atoms with van der Waals surface area (Å²) in [4.78, 5) is 57.1. The largest absolute Gasteiger partial charge is 0.376 e. The van der Waals surface area contributed by atoms with Crippen molar-refractivity contribution in [3.63, 3.8) is 0 Å². The molecule has 0 aliphatic carbocycles. The van der Waals surface area contributed by atoms with Crippen molar-refractivity contribution >= 4 is 34.4 Å². The molecule has 1 aliphatic heterocycles. The lowest BCUT2D eigenvalue weighted by Crippen LogP contribution is -2.38. The number of non-ortho nitro benzene ring substituents is 1. The monoisotopic (exact) mass is 486 g/mol. The van der Waals surface area contributed by atoms with E-state index in [0.717, 1.165) is 29.2 Å². The van der Waals surface area contributed by atoms with Gasteiger partial charge in [-0.05, 0) is 25.0 Å². The first-order valence-electron chi connectivity index (χ1n) is 10.5. The second kappa shape index (κ2) is 9.73. The summed E-state index contributed by atoms with van der Waals surface area (Å²) >= 11 is 1.05. The smallest absolute Gasteiger partial charge is 0.332 e. The molecule has 1 aromatic carbocycles. The number of nitrogens with one attached hydrogen (secondary N) is 1. The zero-order valence-electron chi connectivity index (χ0n) is 18.5. The van der Waals surface area contributed by atoms with Gasteiger partial charge >= 0.3 is 5.69 Å². The van der Waals surface area contributed by atoms with Crippen molar-refractivity contribution in [2.24, 2.45) is 14.1 Å². The Morgan fingerprint density at radius 2 is 1.97 bits per heavy atom. The molecule has 1 unspecified atom stereocenters. The standard InChI is InChI=1S/C21H22N6O6S/c1-25-18-16(20(29)26(2)21(25)30)19(34-11-15(28)22-10-14-4-3-9-33-14)24-17(23-18)12-5-7-13(8-6-12)27(31)32/h5-8,14H,3-4,9-11H2,1-2H3,(H,22,28). The molecule has 1 fully saturated rings. The van der Waals surface area contributed by atoms with Crippen LogP contribution >= 0.6 is 11.8 Å². The molecule has 1 aliphatic rings. The maximum Gasteiger partial charge on any atom is 0.332 e. The maximum absolute atomic E-state index is 12.9. The summed E-state index contributed by atoms with van der Waals surface area (Å²) < 4.78 is 7.69. The van der Waals surface area contributed by atoms with Crippen molar-refractivity contribution in [1.82, 2.24) is 24.4 Å². The van der Waals surface area contributed by atoms with Crippen molar-refractivity contribution in [3.05, 3.63) is 55.2 Å². The number of amides is 1. The molecule has 1 N–H and O–H groups in total. The Balaban J connectivity index is 1.70. The van der Waals surface area contributed by atoms with Gasteiger partial charge in [0.1, 0.15) is 10.4 Å². The molecule has 178 valence electrons. The van der Waals surface area contributed by atoms with E-state index in [2.05, 4.69) is 15.3 Å². The van der Waals surface area contributed by atoms with Gasteiger partial charge in [-0.3, -0.25) is 28.8 Å². The molecule has 12 nitrogen and oxygen atoms in total. The molecule has 2 aromatic heterocycles. The SMILES string of the molecule is Cn1c(=O)c2c(SCC(=O)NCC3CCCO3)nc(-c3ccc([N+](=O)[O-])cc3)nc2n(C)c1=O. The number of carbonyl (C=O) groups is 1. The molecule has 1 atom stereocenters. The topological polar surface area (TPSA) is 151 Å². The van der Waals surface area contributed by atoms with Gasteiger partial charge in [0.25, 0.3) is 11.2 Å². The number of ether oxygens (including phenoxy) is 1. The molecule has 1 amide bonds. The first-order valence-corrected chi connectivity index (χ1v) is 11.5. The number of fused-ring (bicyclic) bond motifs is 1. The van der Waals surface area contributed by atoms with Crippen LogP contribution in [0.3, 0.4) is 0 Å². The third-order valence-electron chi connectivity index (χ3n) is 5.49. The highest BCUT2D eigenvalue weighted by Crippen LogP contribution is 2.27. The lowest BCUT2D eigenvalue weighted by Gasteiger charge is -2.13. The van der Waals surface area contributed by atoms with E-state index in [-0.39, 0.29) is 45.3 Å². The fourth-order valence-electron chi connectivity index (χ4n) is 3.61. The molecule has 0 bridgehead atoms. The predicted molar refractivity (Wildman–Crippen MR) is 125 cm³/mol. The second-order valence-electron chi connectivity index (χ2n) is 7.79. The predicted octanol–water partition coefficient (Wildman–Crippen LogP) is 0.990. The molecule has 34 heavy (non-hydrogen) atoms. The van der Waals surface area contributed by atoms with Crippen LogP contribution in [0.5, 0.6) is 0 Å². The molecule has 1 saturated heterocycles. The van der Waals surface area contributed by atoms with Crippen LogP contribution in [0, 0.1) is 10.1 Å². The van der Waals surface area contributed by atoms with Crippen molar-refractivity contribution in [2.45, 2.75) is 24.0 Å². The van der Waals surface area contributed by atoms with Gasteiger partial charge in [-0.25, -0.2) is 14.8 Å². The summed E-state index contributed by atoms with van der Waals surface area (Å²) in [5.41, 5.74) is -0.654. The van der Waals surface area contributed by atoms with Gasteiger partial charge in [0.15, 0.2) is 11.5 Å². The number of nitro groups is 1. The Morgan fingerprint density at radius 3 is 2.62 bits per heavy atom. The fourth-order valence-corrected chi connectivity index (χ4v) is 4.46. The normalized spacial score (nSPS) is 15.5. The van der Waals surface area contributed by atoms with Gasteiger partial charge in [-0.15, -0.1) is 0 Å². The molecule has 0 radical (unpaired) electrons. The Labute approximate surface area is 197 Å². The minimum absolute atomic E-state index is 0.00406. The number of carbonyl (C=O) groups excluding carboxylic acids is 1. The average molecular weight is 487 g/mol. The summed E-state index contributed by atoms with van der Waals surface area (Å²) in [6, 6.07) is 5.61. The molecular formula is C21H22N6O6S. The minimum atomic E-state index is -0.574. The van der Waals surface area contributed by atoms with Crippen LogP contribution in [-0.2, 0) is 23.6 Å². The number of hydrogen-bond donors (Lipinski definition) is 1. The molecule has 0 saturated carbocycles. The Hall–Kier alpha value is -3.58. The van der Waals surface area contributed by atoms with E-state index < -0.39 is 16.2 Å². The number of aromatic nitrogens is 4. The highest BCUT2D eigenvalue weighted by Gasteiger charge is 2.20. The highest BCUT2D eigenvalue weighted by molar-refractivity contribution is 8.00. The Kier molecular flexibility index (Phi) is 6.75. The molecule has 0 spiro atoms.